The van der Waals surface area contributed by atoms with Gasteiger partial charge in [-0.15, -0.1) is 0 Å². The molecule has 7 heterocycles. The Morgan fingerprint density at radius 3 is 1.55 bits per heavy atom. The zero-order chi connectivity index (χ0) is 76.6. The number of ether oxygens (including phenoxy) is 3. The monoisotopic (exact) mass is 1470 g/mol. The van der Waals surface area contributed by atoms with Gasteiger partial charge in [0, 0.05) is 70.0 Å². The second kappa shape index (κ2) is 36.1. The first kappa shape index (κ1) is 79.0. The predicted octanol–water partition coefficient (Wildman–Crippen LogP) is 3.66. The van der Waals surface area contributed by atoms with Crippen LogP contribution in [0.5, 0.6) is 5.75 Å². The van der Waals surface area contributed by atoms with Gasteiger partial charge in [0.05, 0.1) is 24.8 Å². The molecule has 6 aromatic rings. The van der Waals surface area contributed by atoms with Crippen LogP contribution in [0.4, 0.5) is 0 Å². The van der Waals surface area contributed by atoms with Crippen molar-refractivity contribution in [3.63, 3.8) is 0 Å². The fourth-order valence-electron chi connectivity index (χ4n) is 13.9. The fourth-order valence-corrected chi connectivity index (χ4v) is 13.9. The molecule has 7 aliphatic heterocycles. The largest absolute Gasteiger partial charge is 0.490 e. The summed E-state index contributed by atoms with van der Waals surface area (Å²) < 4.78 is 18.0. The Labute approximate surface area is 621 Å². The van der Waals surface area contributed by atoms with Crippen molar-refractivity contribution < 1.29 is 77.2 Å². The molecule has 0 spiro atoms. The number of carbonyl (C=O) groups is 11. The van der Waals surface area contributed by atoms with E-state index in [0.717, 1.165) is 21.5 Å². The van der Waals surface area contributed by atoms with Crippen LogP contribution in [0.15, 0.2) is 146 Å². The van der Waals surface area contributed by atoms with Crippen molar-refractivity contribution in [3.8, 4) is 5.75 Å². The van der Waals surface area contributed by atoms with Crippen LogP contribution in [0.3, 0.4) is 0 Å². The second-order valence-electron chi connectivity index (χ2n) is 29.1. The van der Waals surface area contributed by atoms with E-state index in [1.807, 2.05) is 72.8 Å². The minimum atomic E-state index is -1.59. The van der Waals surface area contributed by atoms with Gasteiger partial charge in [-0.1, -0.05) is 136 Å². The lowest BCUT2D eigenvalue weighted by molar-refractivity contribution is -0.145. The van der Waals surface area contributed by atoms with E-state index >= 15 is 19.2 Å². The number of carboxylic acids is 2. The number of hydrogen-bond donors (Lipinski definition) is 11. The zero-order valence-electron chi connectivity index (χ0n) is 61.3. The zero-order valence-corrected chi connectivity index (χ0v) is 61.3. The molecule has 0 radical (unpaired) electrons. The smallest absolute Gasteiger partial charge is 0.326 e. The van der Waals surface area contributed by atoms with E-state index in [2.05, 4.69) is 47.9 Å². The van der Waals surface area contributed by atoms with E-state index in [1.54, 1.807) is 97.3 Å². The highest BCUT2D eigenvalue weighted by Crippen LogP contribution is 2.30. The number of aliphatic carboxylic acids is 2. The normalized spacial score (nSPS) is 23.4. The topological polar surface area (TPSA) is 371 Å². The number of carboxylic acid groups (broad SMARTS) is 2. The standard InChI is InChI=1S/C80H97N11O16/c1-46(81-6)69(92)88-67(54-30-34-105-35-31-54)76(99)91-45-60-43-66(91)75(98)85-62(41-51-21-25-53-15-9-11-17-57(53)37-51)73(96)86-63(78(101)102)38-48-18-26-55(27-19-48)71(94)83-58-42-65(90(44-58)77(100)68(80(3,4)5)89-70(93)47(2)82-7)74(97)84-61(40-50-20-24-52-14-8-10-16-56(52)36-50)72(95)87-64(79(103)104)39-49-22-28-59(29-23-49)106-32-12-13-33-107-60/h8-29,36-37,46-47,54,58,60-68,81-82H,30-35,38-45H2,1-7H3,(H,83,94)(H,84,97)(H,85,98)(H,86,96)(H,87,95)(H,88,92)(H,89,93)(H,101,102)(H,103,104)/b13-12+/t46-,47-,58-,60-,61-,62-,63-,64-,65-,66?,67-,68+/m0/s1. The highest BCUT2D eigenvalue weighted by Gasteiger charge is 2.48. The molecule has 11 N–H and O–H groups in total. The molecule has 7 aliphatic rings. The Kier molecular flexibility index (Phi) is 26.7. The third-order valence-corrected chi connectivity index (χ3v) is 20.4. The maximum Gasteiger partial charge on any atom is 0.326 e. The van der Waals surface area contributed by atoms with Gasteiger partial charge in [0.2, 0.25) is 47.3 Å². The molecule has 0 aliphatic carbocycles. The average Bonchev–Trinajstić information content (AvgIpc) is 1.69. The molecule has 6 aromatic carbocycles. The van der Waals surface area contributed by atoms with E-state index < -0.39 is 143 Å². The van der Waals surface area contributed by atoms with E-state index in [-0.39, 0.29) is 76.3 Å². The summed E-state index contributed by atoms with van der Waals surface area (Å²) in [6.07, 6.45) is 2.62. The quantitative estimate of drug-likeness (QED) is 0.0653. The Hall–Kier alpha value is -10.6. The molecule has 568 valence electrons. The number of carbonyl (C=O) groups excluding carboxylic acids is 9. The third-order valence-electron chi connectivity index (χ3n) is 20.4. The summed E-state index contributed by atoms with van der Waals surface area (Å²) in [5.74, 6) is -8.74. The molecule has 13 rings (SSSR count). The summed E-state index contributed by atoms with van der Waals surface area (Å²) in [6, 6.07) is 25.5. The molecule has 9 amide bonds. The summed E-state index contributed by atoms with van der Waals surface area (Å²) in [6.45, 7) is 8.93. The summed E-state index contributed by atoms with van der Waals surface area (Å²) in [5.41, 5.74) is 1.29. The first-order chi connectivity index (χ1) is 51.2. The van der Waals surface area contributed by atoms with Crippen LogP contribution in [0, 0.1) is 11.3 Å². The summed E-state index contributed by atoms with van der Waals surface area (Å²) >= 11 is 0. The van der Waals surface area contributed by atoms with Crippen molar-refractivity contribution in [1.82, 2.24) is 57.7 Å². The number of likely N-dealkylation sites (tertiary alicyclic amines) is 2. The van der Waals surface area contributed by atoms with Gasteiger partial charge < -0.3 is 82.1 Å². The first-order valence-electron chi connectivity index (χ1n) is 36.4. The van der Waals surface area contributed by atoms with Gasteiger partial charge in [0.15, 0.2) is 0 Å². The van der Waals surface area contributed by atoms with Crippen molar-refractivity contribution in [3.05, 3.63) is 173 Å². The summed E-state index contributed by atoms with van der Waals surface area (Å²) in [7, 11) is 3.21. The molecule has 27 nitrogen and oxygen atoms in total. The molecule has 107 heavy (non-hydrogen) atoms. The molecule has 0 saturated carbocycles. The minimum absolute atomic E-state index is 0.00649. The van der Waals surface area contributed by atoms with Crippen molar-refractivity contribution >= 4 is 86.6 Å². The molecule has 0 aromatic heterocycles. The van der Waals surface area contributed by atoms with Crippen LogP contribution >= 0.6 is 0 Å². The van der Waals surface area contributed by atoms with Gasteiger partial charge in [-0.25, -0.2) is 9.59 Å². The highest BCUT2D eigenvalue weighted by molar-refractivity contribution is 5.99. The van der Waals surface area contributed by atoms with Crippen LogP contribution in [0.2, 0.25) is 0 Å². The van der Waals surface area contributed by atoms with Crippen LogP contribution < -0.4 is 52.6 Å². The van der Waals surface area contributed by atoms with Gasteiger partial charge in [-0.3, -0.25) is 43.2 Å². The minimum Gasteiger partial charge on any atom is -0.490 e. The van der Waals surface area contributed by atoms with E-state index in [1.165, 1.54) is 34.1 Å². The van der Waals surface area contributed by atoms with Crippen molar-refractivity contribution in [2.45, 2.75) is 159 Å². The Bertz CT molecular complexity index is 4260. The summed E-state index contributed by atoms with van der Waals surface area (Å²) in [4.78, 5) is 161. The number of nitrogens with zero attached hydrogens (tertiary/aromatic N) is 2. The Morgan fingerprint density at radius 1 is 0.551 bits per heavy atom. The van der Waals surface area contributed by atoms with Crippen LogP contribution in [0.1, 0.15) is 92.9 Å². The molecular weight excluding hydrogens is 1370 g/mol. The molecule has 3 fully saturated rings. The van der Waals surface area contributed by atoms with Crippen molar-refractivity contribution in [2.24, 2.45) is 11.3 Å². The van der Waals surface area contributed by atoms with E-state index in [4.69, 9.17) is 14.2 Å². The van der Waals surface area contributed by atoms with Gasteiger partial charge in [-0.2, -0.15) is 0 Å². The Morgan fingerprint density at radius 2 is 1.04 bits per heavy atom. The third kappa shape index (κ3) is 20.7. The van der Waals surface area contributed by atoms with Crippen molar-refractivity contribution in [2.75, 3.05) is 53.6 Å². The Balaban J connectivity index is 0.975. The van der Waals surface area contributed by atoms with E-state index in [0.29, 0.717) is 54.1 Å². The number of likely N-dealkylation sites (N-methyl/N-ethyl adjacent to an activating group) is 2. The predicted molar refractivity (Wildman–Crippen MR) is 398 cm³/mol. The summed E-state index contributed by atoms with van der Waals surface area (Å²) in [5, 5.41) is 50.6. The van der Waals surface area contributed by atoms with Gasteiger partial charge in [0.1, 0.15) is 60.7 Å². The highest BCUT2D eigenvalue weighted by atomic mass is 16.5. The average molecular weight is 1470 g/mol. The van der Waals surface area contributed by atoms with Crippen LogP contribution in [-0.2, 0) is 83.1 Å². The first-order valence-corrected chi connectivity index (χ1v) is 36.4. The molecule has 27 heteroatoms. The maximum atomic E-state index is 15.2. The van der Waals surface area contributed by atoms with Gasteiger partial charge >= 0.3 is 11.9 Å². The fraction of sp³-hybridized carbons (Fsp3) is 0.438. The van der Waals surface area contributed by atoms with Crippen molar-refractivity contribution in [1.29, 1.82) is 0 Å². The van der Waals surface area contributed by atoms with Crippen LogP contribution in [0.25, 0.3) is 21.5 Å². The lowest BCUT2D eigenvalue weighted by Crippen LogP contribution is -2.61. The number of fused-ring (bicyclic) bond motifs is 2. The number of benzene rings is 6. The maximum absolute atomic E-state index is 15.2. The van der Waals surface area contributed by atoms with Gasteiger partial charge in [0.25, 0.3) is 5.91 Å². The number of hydrogen-bond acceptors (Lipinski definition) is 16. The number of amides is 9. The molecule has 3 saturated heterocycles. The molecule has 12 atom stereocenters. The lowest BCUT2D eigenvalue weighted by atomic mass is 9.85. The van der Waals surface area contributed by atoms with E-state index in [9.17, 15) is 43.8 Å². The molecule has 1 unspecified atom stereocenters. The lowest BCUT2D eigenvalue weighted by Gasteiger charge is -2.36. The molecular formula is C80H97N11O16. The molecule has 8 bridgehead atoms. The van der Waals surface area contributed by atoms with Gasteiger partial charge in [-0.05, 0) is 133 Å². The second-order valence-corrected chi connectivity index (χ2v) is 29.1. The number of nitrogens with one attached hydrogen (secondary N) is 9. The number of rotatable bonds is 15. The SMILES string of the molecule is CN[C@@H](C)C(=O)N[C@H](C(=O)N1C[C@@H]2CC1C(=O)N[C@@H](Cc1ccc3ccccc3c1)C(=O)N[C@H](C(=O)O)Cc1ccc(cc1)C(=O)N[C@H]1C[C@@H](C(=O)N[C@@H](Cc3ccc4ccccc4c3)C(=O)N[C@H](C(=O)O)Cc3ccc(cc3)OC/C=C/CO2)N(C(=O)[C@@H](NC(=O)[C@H](C)NC)C(C)(C)C)C1)C1CCOCC1. The van der Waals surface area contributed by atoms with Crippen LogP contribution in [-0.4, -0.2) is 211 Å².